The van der Waals surface area contributed by atoms with Crippen LogP contribution in [0.25, 0.3) is 0 Å². The maximum absolute atomic E-state index is 3.65. The van der Waals surface area contributed by atoms with Crippen molar-refractivity contribution in [3.63, 3.8) is 0 Å². The summed E-state index contributed by atoms with van der Waals surface area (Å²) in [5.74, 6) is 2.11. The smallest absolute Gasteiger partial charge is 0.00503 e. The first-order valence-electron chi connectivity index (χ1n) is 9.24. The van der Waals surface area contributed by atoms with Gasteiger partial charge in [-0.3, -0.25) is 0 Å². The molecule has 0 aromatic rings. The molecular weight excluding hydrogens is 244 g/mol. The lowest BCUT2D eigenvalue weighted by molar-refractivity contribution is 0.0525. The van der Waals surface area contributed by atoms with E-state index in [0.29, 0.717) is 5.41 Å². The third kappa shape index (κ3) is 3.39. The second kappa shape index (κ2) is 6.79. The molecule has 0 aromatic heterocycles. The predicted molar refractivity (Wildman–Crippen MR) is 85.9 cm³/mol. The Morgan fingerprint density at radius 2 is 1.75 bits per heavy atom. The van der Waals surface area contributed by atoms with Crippen molar-refractivity contribution in [1.82, 2.24) is 10.2 Å². The van der Waals surface area contributed by atoms with Gasteiger partial charge < -0.3 is 10.2 Å². The van der Waals surface area contributed by atoms with Crippen molar-refractivity contribution < 1.29 is 0 Å². The minimum Gasteiger partial charge on any atom is -0.316 e. The van der Waals surface area contributed by atoms with Crippen LogP contribution in [0.15, 0.2) is 0 Å². The molecule has 2 saturated carbocycles. The van der Waals surface area contributed by atoms with Crippen molar-refractivity contribution in [1.29, 1.82) is 0 Å². The van der Waals surface area contributed by atoms with Crippen LogP contribution in [0.5, 0.6) is 0 Å². The Labute approximate surface area is 125 Å². The Hall–Kier alpha value is -0.0800. The average Bonchev–Trinajstić information content (AvgIpc) is 2.94. The van der Waals surface area contributed by atoms with Gasteiger partial charge in [-0.15, -0.1) is 0 Å². The Morgan fingerprint density at radius 1 is 1.00 bits per heavy atom. The lowest BCUT2D eigenvalue weighted by Crippen LogP contribution is -2.48. The van der Waals surface area contributed by atoms with Crippen LogP contribution < -0.4 is 5.32 Å². The van der Waals surface area contributed by atoms with Gasteiger partial charge in [0.2, 0.25) is 0 Å². The van der Waals surface area contributed by atoms with Gasteiger partial charge in [-0.2, -0.15) is 0 Å². The van der Waals surface area contributed by atoms with Gasteiger partial charge >= 0.3 is 0 Å². The molecule has 0 spiro atoms. The number of likely N-dealkylation sites (tertiary alicyclic amines) is 1. The van der Waals surface area contributed by atoms with Crippen LogP contribution in [0.2, 0.25) is 0 Å². The molecule has 3 fully saturated rings. The summed E-state index contributed by atoms with van der Waals surface area (Å²) in [6.07, 6.45) is 13.4. The lowest BCUT2D eigenvalue weighted by Gasteiger charge is -2.44. The van der Waals surface area contributed by atoms with E-state index in [-0.39, 0.29) is 0 Å². The minimum atomic E-state index is 0.609. The molecular formula is C18H34N2. The molecule has 20 heavy (non-hydrogen) atoms. The fourth-order valence-electron chi connectivity index (χ4n) is 5.20. The van der Waals surface area contributed by atoms with Gasteiger partial charge in [0.1, 0.15) is 0 Å². The summed E-state index contributed by atoms with van der Waals surface area (Å²) in [5.41, 5.74) is 0.609. The Balaban J connectivity index is 1.55. The summed E-state index contributed by atoms with van der Waals surface area (Å²) in [6.45, 7) is 8.81. The van der Waals surface area contributed by atoms with Crippen molar-refractivity contribution in [2.75, 3.05) is 32.7 Å². The number of piperidine rings is 1. The summed E-state index contributed by atoms with van der Waals surface area (Å²) in [4.78, 5) is 2.84. The molecule has 1 heterocycles. The van der Waals surface area contributed by atoms with Gasteiger partial charge in [0.15, 0.2) is 0 Å². The molecule has 2 atom stereocenters. The normalized spacial score (nSPS) is 34.0. The first kappa shape index (κ1) is 14.8. The highest BCUT2D eigenvalue weighted by atomic mass is 15.1. The van der Waals surface area contributed by atoms with Crippen LogP contribution >= 0.6 is 0 Å². The van der Waals surface area contributed by atoms with E-state index in [4.69, 9.17) is 0 Å². The second-order valence-electron chi connectivity index (χ2n) is 7.82. The van der Waals surface area contributed by atoms with Crippen LogP contribution in [-0.4, -0.2) is 37.6 Å². The van der Waals surface area contributed by atoms with Gasteiger partial charge in [-0.05, 0) is 56.0 Å². The molecule has 1 N–H and O–H groups in total. The van der Waals surface area contributed by atoms with Crippen molar-refractivity contribution in [2.45, 2.75) is 64.7 Å². The average molecular weight is 278 g/mol. The molecule has 2 nitrogen and oxygen atoms in total. The summed E-state index contributed by atoms with van der Waals surface area (Å²) in [6, 6.07) is 0. The quantitative estimate of drug-likeness (QED) is 0.825. The first-order chi connectivity index (χ1) is 9.81. The van der Waals surface area contributed by atoms with Crippen molar-refractivity contribution in [2.24, 2.45) is 17.3 Å². The number of rotatable bonds is 5. The largest absolute Gasteiger partial charge is 0.316 e. The fourth-order valence-corrected chi connectivity index (χ4v) is 5.20. The summed E-state index contributed by atoms with van der Waals surface area (Å²) < 4.78 is 0. The van der Waals surface area contributed by atoms with E-state index in [1.165, 1.54) is 84.0 Å². The molecule has 0 aromatic carbocycles. The predicted octanol–water partition coefficient (Wildman–Crippen LogP) is 3.67. The molecule has 1 aliphatic heterocycles. The Bertz CT molecular complexity index is 296. The van der Waals surface area contributed by atoms with Gasteiger partial charge in [0.05, 0.1) is 0 Å². The zero-order chi connectivity index (χ0) is 13.8. The van der Waals surface area contributed by atoms with Crippen LogP contribution in [-0.2, 0) is 0 Å². The van der Waals surface area contributed by atoms with Crippen LogP contribution in [0.1, 0.15) is 64.7 Å². The molecule has 116 valence electrons. The number of nitrogens with zero attached hydrogens (tertiary/aromatic N) is 1. The molecule has 0 radical (unpaired) electrons. The van der Waals surface area contributed by atoms with Gasteiger partial charge in [0, 0.05) is 19.6 Å². The van der Waals surface area contributed by atoms with Gasteiger partial charge in [0.25, 0.3) is 0 Å². The summed E-state index contributed by atoms with van der Waals surface area (Å²) >= 11 is 0. The van der Waals surface area contributed by atoms with Crippen LogP contribution in [0.3, 0.4) is 0 Å². The van der Waals surface area contributed by atoms with E-state index in [0.717, 1.165) is 18.4 Å². The monoisotopic (exact) mass is 278 g/mol. The van der Waals surface area contributed by atoms with Gasteiger partial charge in [-0.1, -0.05) is 39.0 Å². The molecule has 2 heteroatoms. The molecule has 1 saturated heterocycles. The van der Waals surface area contributed by atoms with Crippen molar-refractivity contribution >= 4 is 0 Å². The van der Waals surface area contributed by atoms with E-state index in [2.05, 4.69) is 17.1 Å². The summed E-state index contributed by atoms with van der Waals surface area (Å²) in [5, 5.41) is 3.65. The molecule has 2 aliphatic carbocycles. The third-order valence-electron chi connectivity index (χ3n) is 6.35. The topological polar surface area (TPSA) is 15.3 Å². The van der Waals surface area contributed by atoms with E-state index >= 15 is 0 Å². The minimum absolute atomic E-state index is 0.609. The van der Waals surface area contributed by atoms with Gasteiger partial charge in [-0.25, -0.2) is 0 Å². The zero-order valence-corrected chi connectivity index (χ0v) is 13.5. The van der Waals surface area contributed by atoms with E-state index in [9.17, 15) is 0 Å². The molecule has 3 rings (SSSR count). The molecule has 0 amide bonds. The highest BCUT2D eigenvalue weighted by molar-refractivity contribution is 4.92. The first-order valence-corrected chi connectivity index (χ1v) is 9.24. The SMILES string of the molecule is CCNCC1(CN2CCC3CCCCC3C2)CCCC1. The maximum Gasteiger partial charge on any atom is 0.00503 e. The Morgan fingerprint density at radius 3 is 2.50 bits per heavy atom. The third-order valence-corrected chi connectivity index (χ3v) is 6.35. The van der Waals surface area contributed by atoms with Crippen molar-refractivity contribution in [3.05, 3.63) is 0 Å². The van der Waals surface area contributed by atoms with E-state index < -0.39 is 0 Å². The highest BCUT2D eigenvalue weighted by Gasteiger charge is 2.38. The van der Waals surface area contributed by atoms with Crippen LogP contribution in [0, 0.1) is 17.3 Å². The Kier molecular flexibility index (Phi) is 5.04. The maximum atomic E-state index is 3.65. The van der Waals surface area contributed by atoms with Crippen LogP contribution in [0.4, 0.5) is 0 Å². The second-order valence-corrected chi connectivity index (χ2v) is 7.82. The van der Waals surface area contributed by atoms with E-state index in [1.54, 1.807) is 0 Å². The zero-order valence-electron chi connectivity index (χ0n) is 13.5. The standard InChI is InChI=1S/C18H34N2/c1-2-19-14-18(10-5-6-11-18)15-20-12-9-16-7-3-4-8-17(16)13-20/h16-17,19H,2-15H2,1H3. The molecule has 3 aliphatic rings. The molecule has 2 unspecified atom stereocenters. The fraction of sp³-hybridized carbons (Fsp3) is 1.00. The number of fused-ring (bicyclic) bond motifs is 1. The molecule has 0 bridgehead atoms. The number of hydrogen-bond acceptors (Lipinski definition) is 2. The number of hydrogen-bond donors (Lipinski definition) is 1. The number of nitrogens with one attached hydrogen (secondary N) is 1. The summed E-state index contributed by atoms with van der Waals surface area (Å²) in [7, 11) is 0. The highest BCUT2D eigenvalue weighted by Crippen LogP contribution is 2.41. The van der Waals surface area contributed by atoms with Crippen molar-refractivity contribution in [3.8, 4) is 0 Å². The van der Waals surface area contributed by atoms with E-state index in [1.807, 2.05) is 0 Å². The lowest BCUT2D eigenvalue weighted by atomic mass is 9.74.